The Balaban J connectivity index is 1.52. The second kappa shape index (κ2) is 8.35. The lowest BCUT2D eigenvalue weighted by atomic mass is 9.98. The molecule has 0 bridgehead atoms. The quantitative estimate of drug-likeness (QED) is 0.602. The molecule has 158 valence electrons. The molecular formula is C22H25N3O3S2. The summed E-state index contributed by atoms with van der Waals surface area (Å²) in [5, 5.41) is 1.05. The van der Waals surface area contributed by atoms with Crippen molar-refractivity contribution in [1.29, 1.82) is 0 Å². The molecule has 4 rings (SSSR count). The topological polar surface area (TPSA) is 70.6 Å². The van der Waals surface area contributed by atoms with Crippen LogP contribution in [0.25, 0.3) is 10.2 Å². The Morgan fingerprint density at radius 1 is 1.20 bits per heavy atom. The van der Waals surface area contributed by atoms with Gasteiger partial charge in [0.05, 0.1) is 27.2 Å². The number of hydrogen-bond donors (Lipinski definition) is 0. The number of para-hydroxylation sites is 2. The van der Waals surface area contributed by atoms with E-state index in [-0.39, 0.29) is 18.4 Å². The van der Waals surface area contributed by atoms with Crippen LogP contribution in [-0.4, -0.2) is 50.1 Å². The molecule has 0 aliphatic carbocycles. The van der Waals surface area contributed by atoms with E-state index in [1.807, 2.05) is 37.3 Å². The first-order valence-electron chi connectivity index (χ1n) is 9.99. The molecule has 1 atom stereocenters. The van der Waals surface area contributed by atoms with E-state index in [9.17, 15) is 13.2 Å². The summed E-state index contributed by atoms with van der Waals surface area (Å²) in [5.41, 5.74) is 2.36. The van der Waals surface area contributed by atoms with Crippen LogP contribution in [0.15, 0.2) is 48.5 Å². The van der Waals surface area contributed by atoms with Crippen LogP contribution in [0.5, 0.6) is 0 Å². The minimum atomic E-state index is -3.58. The van der Waals surface area contributed by atoms with Crippen LogP contribution in [0, 0.1) is 6.92 Å². The Hall–Kier alpha value is -2.45. The van der Waals surface area contributed by atoms with E-state index >= 15 is 0 Å². The van der Waals surface area contributed by atoms with Crippen LogP contribution in [0.4, 0.5) is 5.69 Å². The van der Waals surface area contributed by atoms with Crippen molar-refractivity contribution in [3.05, 3.63) is 59.1 Å². The summed E-state index contributed by atoms with van der Waals surface area (Å²) in [6, 6.07) is 15.3. The monoisotopic (exact) mass is 443 g/mol. The number of piperidine rings is 1. The maximum Gasteiger partial charge on any atom is 0.243 e. The van der Waals surface area contributed by atoms with Gasteiger partial charge in [0.25, 0.3) is 0 Å². The third-order valence-electron chi connectivity index (χ3n) is 5.50. The highest BCUT2D eigenvalue weighted by Gasteiger charge is 2.30. The molecule has 0 radical (unpaired) electrons. The predicted octanol–water partition coefficient (Wildman–Crippen LogP) is 3.78. The number of aromatic nitrogens is 1. The largest absolute Gasteiger partial charge is 0.340 e. The Morgan fingerprint density at radius 2 is 1.93 bits per heavy atom. The molecule has 0 N–H and O–H groups in total. The number of carbonyl (C=O) groups excluding carboxylic acids is 1. The summed E-state index contributed by atoms with van der Waals surface area (Å²) in [6.07, 6.45) is 3.01. The molecule has 1 amide bonds. The number of anilines is 1. The first kappa shape index (κ1) is 20.8. The maximum atomic E-state index is 13.1. The standard InChI is InChI=1S/C22H25N3O3S2/c1-16-8-3-5-11-19(16)25(30(2,27)28)15-21(26)24-13-7-9-17(14-24)22-23-18-10-4-6-12-20(18)29-22/h3-6,8,10-12,17H,7,9,13-15H2,1-2H3/t17-/m0/s1. The summed E-state index contributed by atoms with van der Waals surface area (Å²) in [4.78, 5) is 19.6. The molecule has 30 heavy (non-hydrogen) atoms. The van der Waals surface area contributed by atoms with Gasteiger partial charge < -0.3 is 4.90 Å². The first-order chi connectivity index (χ1) is 14.3. The van der Waals surface area contributed by atoms with E-state index < -0.39 is 10.0 Å². The fraction of sp³-hybridized carbons (Fsp3) is 0.364. The number of thiazole rings is 1. The molecule has 3 aromatic rings. The number of fused-ring (bicyclic) bond motifs is 1. The average Bonchev–Trinajstić information content (AvgIpc) is 3.16. The van der Waals surface area contributed by atoms with Crippen LogP contribution in [-0.2, 0) is 14.8 Å². The number of hydrogen-bond acceptors (Lipinski definition) is 5. The fourth-order valence-corrected chi connectivity index (χ4v) is 5.92. The van der Waals surface area contributed by atoms with E-state index in [4.69, 9.17) is 4.98 Å². The summed E-state index contributed by atoms with van der Waals surface area (Å²) in [7, 11) is -3.58. The van der Waals surface area contributed by atoms with Crippen LogP contribution in [0.1, 0.15) is 29.3 Å². The van der Waals surface area contributed by atoms with Gasteiger partial charge in [-0.05, 0) is 43.5 Å². The summed E-state index contributed by atoms with van der Waals surface area (Å²) in [5.74, 6) is 0.0136. The van der Waals surface area contributed by atoms with Gasteiger partial charge in [0.1, 0.15) is 6.54 Å². The number of rotatable bonds is 5. The molecule has 0 saturated carbocycles. The Bertz CT molecular complexity index is 1140. The molecule has 0 spiro atoms. The van der Waals surface area contributed by atoms with Crippen LogP contribution >= 0.6 is 11.3 Å². The van der Waals surface area contributed by atoms with E-state index in [1.54, 1.807) is 28.4 Å². The van der Waals surface area contributed by atoms with Crippen molar-refractivity contribution >= 4 is 43.2 Å². The molecule has 1 saturated heterocycles. The summed E-state index contributed by atoms with van der Waals surface area (Å²) in [6.45, 7) is 2.88. The normalized spacial score (nSPS) is 17.3. The third-order valence-corrected chi connectivity index (χ3v) is 7.82. The highest BCUT2D eigenvalue weighted by molar-refractivity contribution is 7.92. The van der Waals surface area contributed by atoms with Crippen molar-refractivity contribution in [2.24, 2.45) is 0 Å². The zero-order valence-electron chi connectivity index (χ0n) is 17.1. The lowest BCUT2D eigenvalue weighted by Gasteiger charge is -2.33. The van der Waals surface area contributed by atoms with Gasteiger partial charge in [-0.25, -0.2) is 13.4 Å². The Kier molecular flexibility index (Phi) is 5.79. The number of likely N-dealkylation sites (tertiary alicyclic amines) is 1. The van der Waals surface area contributed by atoms with Crippen molar-refractivity contribution in [3.8, 4) is 0 Å². The van der Waals surface area contributed by atoms with Crippen molar-refractivity contribution in [1.82, 2.24) is 9.88 Å². The van der Waals surface area contributed by atoms with Crippen molar-refractivity contribution in [2.45, 2.75) is 25.7 Å². The zero-order valence-corrected chi connectivity index (χ0v) is 18.7. The maximum absolute atomic E-state index is 13.1. The smallest absolute Gasteiger partial charge is 0.243 e. The highest BCUT2D eigenvalue weighted by Crippen LogP contribution is 2.33. The molecule has 1 fully saturated rings. The molecule has 0 unspecified atom stereocenters. The molecule has 2 heterocycles. The minimum Gasteiger partial charge on any atom is -0.340 e. The lowest BCUT2D eigenvalue weighted by Crippen LogP contribution is -2.46. The van der Waals surface area contributed by atoms with Crippen molar-refractivity contribution in [2.75, 3.05) is 30.2 Å². The number of carbonyl (C=O) groups is 1. The predicted molar refractivity (Wildman–Crippen MR) is 122 cm³/mol. The highest BCUT2D eigenvalue weighted by atomic mass is 32.2. The average molecular weight is 444 g/mol. The summed E-state index contributed by atoms with van der Waals surface area (Å²) >= 11 is 1.68. The van der Waals surface area contributed by atoms with E-state index in [1.165, 1.54) is 4.31 Å². The van der Waals surface area contributed by atoms with Gasteiger partial charge in [-0.2, -0.15) is 0 Å². The number of nitrogens with zero attached hydrogens (tertiary/aromatic N) is 3. The number of amides is 1. The van der Waals surface area contributed by atoms with E-state index in [0.717, 1.165) is 39.9 Å². The molecule has 1 aliphatic heterocycles. The molecule has 2 aromatic carbocycles. The Labute approximate surface area is 181 Å². The van der Waals surface area contributed by atoms with Gasteiger partial charge in [0, 0.05) is 19.0 Å². The molecule has 8 heteroatoms. The van der Waals surface area contributed by atoms with Gasteiger partial charge in [0.15, 0.2) is 0 Å². The van der Waals surface area contributed by atoms with Gasteiger partial charge in [-0.15, -0.1) is 11.3 Å². The number of sulfonamides is 1. The third kappa shape index (κ3) is 4.34. The summed E-state index contributed by atoms with van der Waals surface area (Å²) < 4.78 is 27.2. The van der Waals surface area contributed by atoms with E-state index in [0.29, 0.717) is 18.8 Å². The van der Waals surface area contributed by atoms with Crippen LogP contribution in [0.2, 0.25) is 0 Å². The van der Waals surface area contributed by atoms with Crippen LogP contribution in [0.3, 0.4) is 0 Å². The first-order valence-corrected chi connectivity index (χ1v) is 12.7. The van der Waals surface area contributed by atoms with Crippen molar-refractivity contribution < 1.29 is 13.2 Å². The second-order valence-corrected chi connectivity index (χ2v) is 10.7. The van der Waals surface area contributed by atoms with Gasteiger partial charge in [-0.3, -0.25) is 9.10 Å². The van der Waals surface area contributed by atoms with Gasteiger partial charge in [0.2, 0.25) is 15.9 Å². The Morgan fingerprint density at radius 3 is 2.67 bits per heavy atom. The van der Waals surface area contributed by atoms with E-state index in [2.05, 4.69) is 6.07 Å². The molecular weight excluding hydrogens is 418 g/mol. The SMILES string of the molecule is Cc1ccccc1N(CC(=O)N1CCC[C@H](c2nc3ccccc3s2)C1)S(C)(=O)=O. The van der Waals surface area contributed by atoms with Crippen LogP contribution < -0.4 is 4.31 Å². The minimum absolute atomic E-state index is 0.172. The van der Waals surface area contributed by atoms with Gasteiger partial charge in [-0.1, -0.05) is 30.3 Å². The molecule has 6 nitrogen and oxygen atoms in total. The molecule has 1 aromatic heterocycles. The fourth-order valence-electron chi connectivity index (χ4n) is 3.92. The lowest BCUT2D eigenvalue weighted by molar-refractivity contribution is -0.130. The number of benzene rings is 2. The number of aryl methyl sites for hydroxylation is 1. The second-order valence-electron chi connectivity index (χ2n) is 7.75. The zero-order chi connectivity index (χ0) is 21.3. The molecule has 1 aliphatic rings. The van der Waals surface area contributed by atoms with Crippen molar-refractivity contribution in [3.63, 3.8) is 0 Å². The van der Waals surface area contributed by atoms with Gasteiger partial charge >= 0.3 is 0 Å².